The van der Waals surface area contributed by atoms with E-state index >= 15 is 0 Å². The molecule has 0 spiro atoms. The van der Waals surface area contributed by atoms with E-state index in [2.05, 4.69) is 4.90 Å². The van der Waals surface area contributed by atoms with Gasteiger partial charge in [0.05, 0.1) is 6.04 Å². The molecule has 0 bridgehead atoms. The summed E-state index contributed by atoms with van der Waals surface area (Å²) in [5, 5.41) is 0. The first kappa shape index (κ1) is 14.6. The minimum absolute atomic E-state index is 0.0872. The molecule has 2 aliphatic heterocycles. The fourth-order valence-electron chi connectivity index (χ4n) is 3.00. The maximum atomic E-state index is 12.3. The van der Waals surface area contributed by atoms with Crippen molar-refractivity contribution in [3.63, 3.8) is 0 Å². The Morgan fingerprint density at radius 1 is 1.32 bits per heavy atom. The van der Waals surface area contributed by atoms with Crippen LogP contribution in [0.2, 0.25) is 0 Å². The Morgan fingerprint density at radius 2 is 2.05 bits per heavy atom. The molecule has 0 aliphatic carbocycles. The summed E-state index contributed by atoms with van der Waals surface area (Å²) in [5.74, 6) is 0. The van der Waals surface area contributed by atoms with Crippen molar-refractivity contribution < 1.29 is 9.53 Å². The Kier molecular flexibility index (Phi) is 4.36. The van der Waals surface area contributed by atoms with Gasteiger partial charge in [0.1, 0.15) is 5.60 Å². The number of nitrogens with zero attached hydrogens (tertiary/aromatic N) is 2. The quantitative estimate of drug-likeness (QED) is 0.782. The largest absolute Gasteiger partial charge is 0.444 e. The van der Waals surface area contributed by atoms with Crippen LogP contribution in [0.5, 0.6) is 0 Å². The van der Waals surface area contributed by atoms with Gasteiger partial charge in [0.15, 0.2) is 0 Å². The molecular weight excluding hydrogens is 242 g/mol. The van der Waals surface area contributed by atoms with Crippen molar-refractivity contribution in [3.05, 3.63) is 0 Å². The van der Waals surface area contributed by atoms with Gasteiger partial charge < -0.3 is 15.4 Å². The van der Waals surface area contributed by atoms with Gasteiger partial charge in [0.2, 0.25) is 0 Å². The molecule has 2 N–H and O–H groups in total. The number of rotatable bonds is 1. The third-order valence-corrected chi connectivity index (χ3v) is 3.94. The second-order valence-corrected chi connectivity index (χ2v) is 6.67. The molecule has 2 rings (SSSR count). The molecule has 0 aromatic rings. The molecule has 2 atom stereocenters. The molecule has 19 heavy (non-hydrogen) atoms. The van der Waals surface area contributed by atoms with Gasteiger partial charge in [-0.1, -0.05) is 6.42 Å². The summed E-state index contributed by atoms with van der Waals surface area (Å²) < 4.78 is 5.50. The maximum absolute atomic E-state index is 12.3. The molecule has 2 heterocycles. The normalized spacial score (nSPS) is 28.9. The van der Waals surface area contributed by atoms with Crippen LogP contribution in [-0.2, 0) is 4.74 Å². The molecule has 0 radical (unpaired) electrons. The van der Waals surface area contributed by atoms with E-state index in [-0.39, 0.29) is 12.1 Å². The zero-order chi connectivity index (χ0) is 14.0. The molecule has 2 saturated heterocycles. The fraction of sp³-hybridized carbons (Fsp3) is 0.929. The summed E-state index contributed by atoms with van der Waals surface area (Å²) in [6.07, 6.45) is 3.49. The molecule has 0 aromatic heterocycles. The van der Waals surface area contributed by atoms with Crippen LogP contribution in [-0.4, -0.2) is 59.8 Å². The summed E-state index contributed by atoms with van der Waals surface area (Å²) in [7, 11) is 0. The number of nitrogens with two attached hydrogens (primary N) is 1. The first-order valence-electron chi connectivity index (χ1n) is 7.34. The number of carbonyl (C=O) groups is 1. The van der Waals surface area contributed by atoms with Gasteiger partial charge in [-0.2, -0.15) is 0 Å². The molecule has 2 aliphatic rings. The van der Waals surface area contributed by atoms with Crippen molar-refractivity contribution in [3.8, 4) is 0 Å². The van der Waals surface area contributed by atoms with Crippen LogP contribution in [0.15, 0.2) is 0 Å². The minimum Gasteiger partial charge on any atom is -0.444 e. The highest BCUT2D eigenvalue weighted by Crippen LogP contribution is 2.25. The minimum atomic E-state index is -0.445. The van der Waals surface area contributed by atoms with Crippen molar-refractivity contribution in [2.24, 2.45) is 5.73 Å². The summed E-state index contributed by atoms with van der Waals surface area (Å²) >= 11 is 0. The Hall–Kier alpha value is -0.810. The van der Waals surface area contributed by atoms with Crippen molar-refractivity contribution in [2.75, 3.05) is 26.2 Å². The topological polar surface area (TPSA) is 58.8 Å². The van der Waals surface area contributed by atoms with Crippen LogP contribution >= 0.6 is 0 Å². The van der Waals surface area contributed by atoms with Crippen LogP contribution in [0.1, 0.15) is 40.0 Å². The lowest BCUT2D eigenvalue weighted by Crippen LogP contribution is -2.63. The third kappa shape index (κ3) is 3.60. The van der Waals surface area contributed by atoms with E-state index in [0.717, 1.165) is 19.6 Å². The smallest absolute Gasteiger partial charge is 0.410 e. The van der Waals surface area contributed by atoms with Gasteiger partial charge >= 0.3 is 6.09 Å². The zero-order valence-electron chi connectivity index (χ0n) is 12.4. The first-order valence-corrected chi connectivity index (χ1v) is 7.34. The molecule has 5 nitrogen and oxygen atoms in total. The highest BCUT2D eigenvalue weighted by Gasteiger charge is 2.38. The first-order chi connectivity index (χ1) is 8.90. The maximum Gasteiger partial charge on any atom is 0.410 e. The molecule has 0 aromatic carbocycles. The number of fused-ring (bicyclic) bond motifs is 1. The number of piperidine rings is 1. The number of amides is 1. The summed E-state index contributed by atoms with van der Waals surface area (Å²) in [5.41, 5.74) is 5.40. The van der Waals surface area contributed by atoms with Gasteiger partial charge in [-0.3, -0.25) is 4.90 Å². The van der Waals surface area contributed by atoms with E-state index in [0.29, 0.717) is 12.6 Å². The average Bonchev–Trinajstić information content (AvgIpc) is 2.35. The number of carbonyl (C=O) groups excluding carboxylic acids is 1. The molecule has 110 valence electrons. The van der Waals surface area contributed by atoms with Gasteiger partial charge in [-0.05, 0) is 40.2 Å². The van der Waals surface area contributed by atoms with Crippen LogP contribution in [0.25, 0.3) is 0 Å². The van der Waals surface area contributed by atoms with E-state index in [1.807, 2.05) is 25.7 Å². The lowest BCUT2D eigenvalue weighted by atomic mass is 9.97. The van der Waals surface area contributed by atoms with E-state index in [9.17, 15) is 4.79 Å². The molecule has 1 amide bonds. The van der Waals surface area contributed by atoms with Crippen LogP contribution in [0.3, 0.4) is 0 Å². The van der Waals surface area contributed by atoms with Crippen molar-refractivity contribution in [2.45, 2.75) is 57.7 Å². The third-order valence-electron chi connectivity index (χ3n) is 3.94. The lowest BCUT2D eigenvalue weighted by molar-refractivity contribution is -0.0217. The standard InChI is InChI=1S/C14H27N3O2/c1-14(2,3)19-13(18)17-10-11-6-4-5-7-16(11)9-12(17)8-15/h11-12H,4-10,15H2,1-3H3/t11-,12+/m0/s1. The second-order valence-electron chi connectivity index (χ2n) is 6.67. The van der Waals surface area contributed by atoms with E-state index in [1.54, 1.807) is 0 Å². The summed E-state index contributed by atoms with van der Waals surface area (Å²) in [6, 6.07) is 0.577. The Balaban J connectivity index is 2.03. The fourth-order valence-corrected chi connectivity index (χ4v) is 3.00. The average molecular weight is 269 g/mol. The molecular formula is C14H27N3O2. The SMILES string of the molecule is CC(C)(C)OC(=O)N1C[C@@H]2CCCCN2C[C@H]1CN. The molecule has 2 fully saturated rings. The van der Waals surface area contributed by atoms with Crippen molar-refractivity contribution in [1.82, 2.24) is 9.80 Å². The number of hydrogen-bond acceptors (Lipinski definition) is 4. The van der Waals surface area contributed by atoms with Crippen LogP contribution in [0.4, 0.5) is 4.79 Å². The van der Waals surface area contributed by atoms with Gasteiger partial charge in [0.25, 0.3) is 0 Å². The monoisotopic (exact) mass is 269 g/mol. The predicted octanol–water partition coefficient (Wildman–Crippen LogP) is 1.42. The molecule has 0 unspecified atom stereocenters. The number of ether oxygens (including phenoxy) is 1. The molecule has 5 heteroatoms. The lowest BCUT2D eigenvalue weighted by Gasteiger charge is -2.48. The van der Waals surface area contributed by atoms with Gasteiger partial charge in [0, 0.05) is 25.7 Å². The Labute approximate surface area is 116 Å². The van der Waals surface area contributed by atoms with Crippen molar-refractivity contribution >= 4 is 6.09 Å². The predicted molar refractivity (Wildman–Crippen MR) is 75.0 cm³/mol. The van der Waals surface area contributed by atoms with E-state index in [1.165, 1.54) is 19.3 Å². The van der Waals surface area contributed by atoms with Crippen molar-refractivity contribution in [1.29, 1.82) is 0 Å². The number of piperazine rings is 1. The second kappa shape index (κ2) is 5.67. The number of hydrogen-bond donors (Lipinski definition) is 1. The highest BCUT2D eigenvalue weighted by atomic mass is 16.6. The van der Waals surface area contributed by atoms with Crippen LogP contribution in [0, 0.1) is 0 Å². The zero-order valence-corrected chi connectivity index (χ0v) is 12.4. The van der Waals surface area contributed by atoms with Gasteiger partial charge in [-0.15, -0.1) is 0 Å². The highest BCUT2D eigenvalue weighted by molar-refractivity contribution is 5.69. The summed E-state index contributed by atoms with van der Waals surface area (Å²) in [6.45, 7) is 9.00. The van der Waals surface area contributed by atoms with Gasteiger partial charge in [-0.25, -0.2) is 4.79 Å². The Bertz CT molecular complexity index is 327. The molecule has 0 saturated carbocycles. The van der Waals surface area contributed by atoms with E-state index in [4.69, 9.17) is 10.5 Å². The summed E-state index contributed by atoms with van der Waals surface area (Å²) in [4.78, 5) is 16.6. The van der Waals surface area contributed by atoms with Crippen LogP contribution < -0.4 is 5.73 Å². The van der Waals surface area contributed by atoms with E-state index < -0.39 is 5.60 Å². The Morgan fingerprint density at radius 3 is 2.68 bits per heavy atom.